The van der Waals surface area contributed by atoms with Crippen LogP contribution in [0.2, 0.25) is 0 Å². The molecule has 2 fully saturated rings. The fourth-order valence-electron chi connectivity index (χ4n) is 4.30. The molecule has 2 saturated heterocycles. The summed E-state index contributed by atoms with van der Waals surface area (Å²) >= 11 is 0. The Morgan fingerprint density at radius 3 is 2.68 bits per heavy atom. The van der Waals surface area contributed by atoms with E-state index in [1.807, 2.05) is 0 Å². The van der Waals surface area contributed by atoms with Gasteiger partial charge in [-0.05, 0) is 26.2 Å². The summed E-state index contributed by atoms with van der Waals surface area (Å²) in [6.07, 6.45) is 3.08. The van der Waals surface area contributed by atoms with Gasteiger partial charge in [-0.3, -0.25) is 9.59 Å². The second kappa shape index (κ2) is 5.61. The van der Waals surface area contributed by atoms with E-state index in [4.69, 9.17) is 9.15 Å². The lowest BCUT2D eigenvalue weighted by molar-refractivity contribution is -0.00530. The zero-order valence-electron chi connectivity index (χ0n) is 14.6. The number of hydrogen-bond donors (Lipinski definition) is 0. The van der Waals surface area contributed by atoms with Crippen LogP contribution < -0.4 is 0 Å². The summed E-state index contributed by atoms with van der Waals surface area (Å²) in [5, 5.41) is 0. The molecule has 1 unspecified atom stereocenters. The number of hydrogen-bond acceptors (Lipinski definition) is 5. The van der Waals surface area contributed by atoms with Gasteiger partial charge in [0, 0.05) is 26.4 Å². The summed E-state index contributed by atoms with van der Waals surface area (Å²) in [7, 11) is 1.70. The molecule has 7 heteroatoms. The average Bonchev–Trinajstić information content (AvgIpc) is 3.04. The lowest BCUT2D eigenvalue weighted by Gasteiger charge is -2.38. The molecule has 0 N–H and O–H groups in total. The van der Waals surface area contributed by atoms with E-state index in [0.29, 0.717) is 55.1 Å². The Morgan fingerprint density at radius 2 is 1.96 bits per heavy atom. The fourth-order valence-corrected chi connectivity index (χ4v) is 4.30. The first kappa shape index (κ1) is 16.2. The lowest BCUT2D eigenvalue weighted by Crippen LogP contribution is -2.52. The number of rotatable bonds is 1. The predicted octanol–water partition coefficient (Wildman–Crippen LogP) is 2.16. The Bertz CT molecular complexity index is 768. The molecule has 1 spiro atoms. The minimum atomic E-state index is -0.637. The second-order valence-electron chi connectivity index (χ2n) is 7.35. The van der Waals surface area contributed by atoms with Gasteiger partial charge in [-0.25, -0.2) is 4.79 Å². The number of Topliss-reactive ketones (excluding diaryl/α,β-unsaturated/α-hetero) is 1. The molecule has 1 atom stereocenters. The number of likely N-dealkylation sites (tertiary alicyclic amines) is 1. The maximum absolute atomic E-state index is 13.2. The topological polar surface area (TPSA) is 80.1 Å². The van der Waals surface area contributed by atoms with Crippen molar-refractivity contribution >= 4 is 17.8 Å². The maximum Gasteiger partial charge on any atom is 0.410 e. The van der Waals surface area contributed by atoms with Gasteiger partial charge in [0.05, 0.1) is 24.2 Å². The van der Waals surface area contributed by atoms with Gasteiger partial charge < -0.3 is 19.0 Å². The summed E-state index contributed by atoms with van der Waals surface area (Å²) < 4.78 is 11.3. The van der Waals surface area contributed by atoms with Gasteiger partial charge in [0.1, 0.15) is 17.1 Å². The minimum absolute atomic E-state index is 0.0137. The van der Waals surface area contributed by atoms with Gasteiger partial charge in [-0.2, -0.15) is 0 Å². The van der Waals surface area contributed by atoms with Gasteiger partial charge >= 0.3 is 6.09 Å². The third-order valence-electron chi connectivity index (χ3n) is 5.43. The van der Waals surface area contributed by atoms with E-state index in [9.17, 15) is 14.4 Å². The molecule has 1 aromatic heterocycles. The minimum Gasteiger partial charge on any atom is -0.465 e. The number of piperidine rings is 1. The van der Waals surface area contributed by atoms with Crippen molar-refractivity contribution in [2.24, 2.45) is 0 Å². The Kier molecular flexibility index (Phi) is 3.63. The predicted molar refractivity (Wildman–Crippen MR) is 87.7 cm³/mol. The summed E-state index contributed by atoms with van der Waals surface area (Å²) in [6, 6.07) is 0. The molecule has 25 heavy (non-hydrogen) atoms. The van der Waals surface area contributed by atoms with Gasteiger partial charge in [-0.1, -0.05) is 0 Å². The van der Waals surface area contributed by atoms with Crippen LogP contribution in [0, 0.1) is 6.92 Å². The first-order chi connectivity index (χ1) is 11.9. The van der Waals surface area contributed by atoms with Crippen molar-refractivity contribution in [2.75, 3.05) is 26.7 Å². The highest BCUT2D eigenvalue weighted by Gasteiger charge is 2.48. The third-order valence-corrected chi connectivity index (χ3v) is 5.43. The molecule has 0 saturated carbocycles. The molecular formula is C18H22N2O5. The first-order valence-corrected chi connectivity index (χ1v) is 8.79. The monoisotopic (exact) mass is 346 g/mol. The zero-order chi connectivity index (χ0) is 17.8. The van der Waals surface area contributed by atoms with E-state index in [0.717, 1.165) is 19.3 Å². The number of likely N-dealkylation sites (N-methyl/N-ethyl adjacent to an activating group) is 1. The van der Waals surface area contributed by atoms with Crippen molar-refractivity contribution < 1.29 is 23.5 Å². The van der Waals surface area contributed by atoms with Gasteiger partial charge in [0.2, 0.25) is 0 Å². The molecule has 0 radical (unpaired) electrons. The van der Waals surface area contributed by atoms with Gasteiger partial charge in [0.25, 0.3) is 5.91 Å². The molecule has 2 amide bonds. The number of ketones is 1. The van der Waals surface area contributed by atoms with E-state index in [-0.39, 0.29) is 17.8 Å². The van der Waals surface area contributed by atoms with Crippen LogP contribution in [0.25, 0.3) is 0 Å². The van der Waals surface area contributed by atoms with Crippen LogP contribution in [0.4, 0.5) is 4.79 Å². The van der Waals surface area contributed by atoms with Crippen LogP contribution in [-0.2, 0) is 11.2 Å². The number of furan rings is 1. The molecule has 0 aromatic carbocycles. The molecule has 7 nitrogen and oxygen atoms in total. The van der Waals surface area contributed by atoms with E-state index in [1.54, 1.807) is 23.8 Å². The van der Waals surface area contributed by atoms with Crippen LogP contribution in [-0.4, -0.2) is 59.9 Å². The van der Waals surface area contributed by atoms with Crippen molar-refractivity contribution in [3.63, 3.8) is 0 Å². The van der Waals surface area contributed by atoms with E-state index >= 15 is 0 Å². The molecule has 134 valence electrons. The number of carbonyl (C=O) groups excluding carboxylic acids is 3. The molecule has 4 rings (SSSR count). The normalized spacial score (nSPS) is 26.2. The number of aryl methyl sites for hydroxylation is 2. The highest BCUT2D eigenvalue weighted by Crippen LogP contribution is 2.34. The second-order valence-corrected chi connectivity index (χ2v) is 7.35. The summed E-state index contributed by atoms with van der Waals surface area (Å²) in [5.41, 5.74) is 0.227. The van der Waals surface area contributed by atoms with Crippen molar-refractivity contribution in [1.82, 2.24) is 9.80 Å². The molecule has 1 aliphatic carbocycles. The Labute approximate surface area is 145 Å². The Balaban J connectivity index is 1.63. The van der Waals surface area contributed by atoms with E-state index in [1.165, 1.54) is 0 Å². The van der Waals surface area contributed by atoms with Crippen molar-refractivity contribution in [1.29, 1.82) is 0 Å². The van der Waals surface area contributed by atoms with Gasteiger partial charge in [-0.15, -0.1) is 0 Å². The Hall–Kier alpha value is -2.31. The molecule has 3 heterocycles. The number of nitrogens with zero attached hydrogens (tertiary/aromatic N) is 2. The van der Waals surface area contributed by atoms with Crippen LogP contribution in [0.1, 0.15) is 57.9 Å². The summed E-state index contributed by atoms with van der Waals surface area (Å²) in [4.78, 5) is 40.5. The summed E-state index contributed by atoms with van der Waals surface area (Å²) in [6.45, 7) is 3.17. The zero-order valence-corrected chi connectivity index (χ0v) is 14.6. The maximum atomic E-state index is 13.2. The third kappa shape index (κ3) is 2.53. The van der Waals surface area contributed by atoms with Crippen molar-refractivity contribution in [3.8, 4) is 0 Å². The van der Waals surface area contributed by atoms with Gasteiger partial charge in [0.15, 0.2) is 5.78 Å². The molecular weight excluding hydrogens is 324 g/mol. The average molecular weight is 346 g/mol. The number of amides is 2. The van der Waals surface area contributed by atoms with E-state index < -0.39 is 5.60 Å². The van der Waals surface area contributed by atoms with Crippen LogP contribution in [0.3, 0.4) is 0 Å². The van der Waals surface area contributed by atoms with Crippen LogP contribution in [0.15, 0.2) is 4.42 Å². The number of fused-ring (bicyclic) bond motifs is 1. The smallest absolute Gasteiger partial charge is 0.410 e. The first-order valence-electron chi connectivity index (χ1n) is 8.79. The molecule has 3 aliphatic rings. The van der Waals surface area contributed by atoms with Crippen molar-refractivity contribution in [3.05, 3.63) is 22.6 Å². The molecule has 2 aliphatic heterocycles. The van der Waals surface area contributed by atoms with Crippen LogP contribution >= 0.6 is 0 Å². The number of carbonyl (C=O) groups is 3. The highest BCUT2D eigenvalue weighted by atomic mass is 16.6. The van der Waals surface area contributed by atoms with Crippen LogP contribution in [0.5, 0.6) is 0 Å². The van der Waals surface area contributed by atoms with E-state index in [2.05, 4.69) is 0 Å². The largest absolute Gasteiger partial charge is 0.465 e. The highest BCUT2D eigenvalue weighted by molar-refractivity contribution is 6.10. The quantitative estimate of drug-likeness (QED) is 0.778. The summed E-state index contributed by atoms with van der Waals surface area (Å²) in [5.74, 6) is 0.934. The molecule has 1 aromatic rings. The van der Waals surface area contributed by atoms with Crippen molar-refractivity contribution in [2.45, 2.75) is 44.6 Å². The Morgan fingerprint density at radius 1 is 1.16 bits per heavy atom. The number of ether oxygens (including phenoxy) is 1. The SMILES string of the molecule is Cc1oc2c(c1C(=O)N1CCCC3(CN(C)C(=O)O3)C1)C(=O)CCC2. The fraction of sp³-hybridized carbons (Fsp3) is 0.611. The lowest BCUT2D eigenvalue weighted by atomic mass is 9.90. The standard InChI is InChI=1S/C18H22N2O5/c1-11-14(15-12(21)5-3-6-13(15)24-11)16(22)20-8-4-7-18(10-20)9-19(2)17(23)25-18/h3-10H2,1-2H3. The molecule has 0 bridgehead atoms.